The molecule has 0 aliphatic carbocycles. The van der Waals surface area contributed by atoms with Crippen LogP contribution >= 0.6 is 0 Å². The molecule has 3 heteroatoms. The molecule has 0 bridgehead atoms. The SMILES string of the molecule is CN(C)CCN(C)CCC1CCNC1. The summed E-state index contributed by atoms with van der Waals surface area (Å²) in [5.41, 5.74) is 0. The Morgan fingerprint density at radius 1 is 1.14 bits per heavy atom. The van der Waals surface area contributed by atoms with Gasteiger partial charge < -0.3 is 15.1 Å². The van der Waals surface area contributed by atoms with Crippen LogP contribution in [0.5, 0.6) is 0 Å². The first-order chi connectivity index (χ1) is 6.68. The topological polar surface area (TPSA) is 18.5 Å². The molecule has 0 spiro atoms. The maximum Gasteiger partial charge on any atom is 0.0106 e. The van der Waals surface area contributed by atoms with E-state index in [0.717, 1.165) is 5.92 Å². The highest BCUT2D eigenvalue weighted by atomic mass is 15.1. The van der Waals surface area contributed by atoms with Crippen LogP contribution in [0.15, 0.2) is 0 Å². The van der Waals surface area contributed by atoms with Crippen molar-refractivity contribution in [3.05, 3.63) is 0 Å². The number of nitrogens with one attached hydrogen (secondary N) is 1. The molecule has 1 heterocycles. The van der Waals surface area contributed by atoms with Crippen molar-refractivity contribution in [1.29, 1.82) is 0 Å². The molecule has 3 nitrogen and oxygen atoms in total. The fraction of sp³-hybridized carbons (Fsp3) is 1.00. The first-order valence-corrected chi connectivity index (χ1v) is 5.72. The highest BCUT2D eigenvalue weighted by Crippen LogP contribution is 2.11. The zero-order valence-corrected chi connectivity index (χ0v) is 9.92. The highest BCUT2D eigenvalue weighted by Gasteiger charge is 2.14. The van der Waals surface area contributed by atoms with E-state index in [1.54, 1.807) is 0 Å². The summed E-state index contributed by atoms with van der Waals surface area (Å²) < 4.78 is 0. The minimum absolute atomic E-state index is 0.928. The molecule has 1 aliphatic rings. The van der Waals surface area contributed by atoms with Gasteiger partial charge in [-0.1, -0.05) is 0 Å². The van der Waals surface area contributed by atoms with Gasteiger partial charge in [-0.2, -0.15) is 0 Å². The third kappa shape index (κ3) is 4.94. The molecule has 0 amide bonds. The zero-order valence-electron chi connectivity index (χ0n) is 9.92. The Balaban J connectivity index is 1.99. The Kier molecular flexibility index (Phi) is 5.45. The molecule has 1 N–H and O–H groups in total. The summed E-state index contributed by atoms with van der Waals surface area (Å²) in [7, 11) is 6.50. The van der Waals surface area contributed by atoms with Crippen LogP contribution in [0, 0.1) is 5.92 Å². The number of hydrogen-bond donors (Lipinski definition) is 1. The van der Waals surface area contributed by atoms with Crippen LogP contribution in [-0.4, -0.2) is 63.7 Å². The average molecular weight is 199 g/mol. The maximum absolute atomic E-state index is 3.42. The fourth-order valence-corrected chi connectivity index (χ4v) is 1.85. The van der Waals surface area contributed by atoms with Crippen molar-refractivity contribution in [2.24, 2.45) is 5.92 Å². The molecule has 84 valence electrons. The predicted octanol–water partition coefficient (Wildman–Crippen LogP) is 0.479. The maximum atomic E-state index is 3.42. The van der Waals surface area contributed by atoms with Crippen LogP contribution in [0.2, 0.25) is 0 Å². The van der Waals surface area contributed by atoms with Crippen molar-refractivity contribution in [3.8, 4) is 0 Å². The summed E-state index contributed by atoms with van der Waals surface area (Å²) in [5.74, 6) is 0.928. The Bertz CT molecular complexity index is 141. The van der Waals surface area contributed by atoms with Crippen LogP contribution in [-0.2, 0) is 0 Å². The molecular weight excluding hydrogens is 174 g/mol. The summed E-state index contributed by atoms with van der Waals surface area (Å²) in [6.45, 7) is 6.07. The van der Waals surface area contributed by atoms with Crippen LogP contribution in [0.4, 0.5) is 0 Å². The van der Waals surface area contributed by atoms with Gasteiger partial charge in [-0.3, -0.25) is 0 Å². The van der Waals surface area contributed by atoms with Crippen LogP contribution in [0.3, 0.4) is 0 Å². The molecule has 1 aliphatic heterocycles. The van der Waals surface area contributed by atoms with Crippen LogP contribution in [0.1, 0.15) is 12.8 Å². The van der Waals surface area contributed by atoms with E-state index in [-0.39, 0.29) is 0 Å². The lowest BCUT2D eigenvalue weighted by Gasteiger charge is -2.20. The molecular formula is C11H25N3. The van der Waals surface area contributed by atoms with Gasteiger partial charge in [-0.15, -0.1) is 0 Å². The second-order valence-corrected chi connectivity index (χ2v) is 4.75. The van der Waals surface area contributed by atoms with Gasteiger partial charge >= 0.3 is 0 Å². The fourth-order valence-electron chi connectivity index (χ4n) is 1.85. The van der Waals surface area contributed by atoms with Gasteiger partial charge in [0.15, 0.2) is 0 Å². The van der Waals surface area contributed by atoms with Crippen molar-refractivity contribution in [2.75, 3.05) is 53.9 Å². The van der Waals surface area contributed by atoms with E-state index in [2.05, 4.69) is 36.3 Å². The minimum atomic E-state index is 0.928. The van der Waals surface area contributed by atoms with Crippen molar-refractivity contribution < 1.29 is 0 Å². The number of nitrogens with zero attached hydrogens (tertiary/aromatic N) is 2. The molecule has 0 aromatic carbocycles. The van der Waals surface area contributed by atoms with Crippen molar-refractivity contribution in [1.82, 2.24) is 15.1 Å². The Morgan fingerprint density at radius 2 is 1.93 bits per heavy atom. The normalized spacial score (nSPS) is 22.5. The number of hydrogen-bond acceptors (Lipinski definition) is 3. The zero-order chi connectivity index (χ0) is 10.4. The van der Waals surface area contributed by atoms with Crippen LogP contribution < -0.4 is 5.32 Å². The minimum Gasteiger partial charge on any atom is -0.316 e. The van der Waals surface area contributed by atoms with Crippen LogP contribution in [0.25, 0.3) is 0 Å². The number of likely N-dealkylation sites (N-methyl/N-ethyl adjacent to an activating group) is 2. The lowest BCUT2D eigenvalue weighted by atomic mass is 10.1. The van der Waals surface area contributed by atoms with E-state index in [9.17, 15) is 0 Å². The second kappa shape index (κ2) is 6.38. The summed E-state index contributed by atoms with van der Waals surface area (Å²) >= 11 is 0. The van der Waals surface area contributed by atoms with Gasteiger partial charge in [0.05, 0.1) is 0 Å². The van der Waals surface area contributed by atoms with E-state index >= 15 is 0 Å². The summed E-state index contributed by atoms with van der Waals surface area (Å²) in [4.78, 5) is 4.69. The Labute approximate surface area is 88.5 Å². The van der Waals surface area contributed by atoms with Crippen molar-refractivity contribution in [3.63, 3.8) is 0 Å². The van der Waals surface area contributed by atoms with E-state index in [1.807, 2.05) is 0 Å². The lowest BCUT2D eigenvalue weighted by Crippen LogP contribution is -2.30. The van der Waals surface area contributed by atoms with E-state index < -0.39 is 0 Å². The quantitative estimate of drug-likeness (QED) is 0.671. The Morgan fingerprint density at radius 3 is 2.50 bits per heavy atom. The van der Waals surface area contributed by atoms with Crippen molar-refractivity contribution in [2.45, 2.75) is 12.8 Å². The van der Waals surface area contributed by atoms with Crippen molar-refractivity contribution >= 4 is 0 Å². The largest absolute Gasteiger partial charge is 0.316 e. The molecule has 0 aromatic rings. The third-order valence-electron chi connectivity index (χ3n) is 3.01. The molecule has 1 unspecified atom stereocenters. The second-order valence-electron chi connectivity index (χ2n) is 4.75. The van der Waals surface area contributed by atoms with Gasteiger partial charge in [0.2, 0.25) is 0 Å². The predicted molar refractivity (Wildman–Crippen MR) is 61.6 cm³/mol. The molecule has 1 atom stereocenters. The molecule has 1 fully saturated rings. The first kappa shape index (κ1) is 12.0. The number of rotatable bonds is 6. The van der Waals surface area contributed by atoms with Gasteiger partial charge in [0, 0.05) is 13.1 Å². The summed E-state index contributed by atoms with van der Waals surface area (Å²) in [5, 5.41) is 3.42. The first-order valence-electron chi connectivity index (χ1n) is 5.72. The average Bonchev–Trinajstić information content (AvgIpc) is 2.63. The molecule has 0 radical (unpaired) electrons. The molecule has 0 saturated carbocycles. The summed E-state index contributed by atoms with van der Waals surface area (Å²) in [6.07, 6.45) is 2.73. The van der Waals surface area contributed by atoms with Gasteiger partial charge in [0.1, 0.15) is 0 Å². The standard InChI is InChI=1S/C11H25N3/c1-13(2)8-9-14(3)7-5-11-4-6-12-10-11/h11-12H,4-10H2,1-3H3. The van der Waals surface area contributed by atoms with Gasteiger partial charge in [0.25, 0.3) is 0 Å². The smallest absolute Gasteiger partial charge is 0.0106 e. The van der Waals surface area contributed by atoms with E-state index in [4.69, 9.17) is 0 Å². The monoisotopic (exact) mass is 199 g/mol. The summed E-state index contributed by atoms with van der Waals surface area (Å²) in [6, 6.07) is 0. The van der Waals surface area contributed by atoms with Gasteiger partial charge in [-0.25, -0.2) is 0 Å². The van der Waals surface area contributed by atoms with Gasteiger partial charge in [-0.05, 0) is 59.5 Å². The molecule has 1 rings (SSSR count). The molecule has 1 saturated heterocycles. The molecule has 14 heavy (non-hydrogen) atoms. The highest BCUT2D eigenvalue weighted by molar-refractivity contribution is 4.72. The van der Waals surface area contributed by atoms with E-state index in [0.29, 0.717) is 0 Å². The molecule has 0 aromatic heterocycles. The third-order valence-corrected chi connectivity index (χ3v) is 3.01. The lowest BCUT2D eigenvalue weighted by molar-refractivity contribution is 0.266. The van der Waals surface area contributed by atoms with E-state index in [1.165, 1.54) is 45.6 Å². The Hall–Kier alpha value is -0.120.